The van der Waals surface area contributed by atoms with Crippen LogP contribution in [0.5, 0.6) is 0 Å². The van der Waals surface area contributed by atoms with E-state index in [1.165, 1.54) is 44.9 Å². The molecule has 2 saturated carbocycles. The molecule has 0 amide bonds. The van der Waals surface area contributed by atoms with E-state index in [0.717, 1.165) is 37.8 Å². The number of ether oxygens (including phenoxy) is 1. The van der Waals surface area contributed by atoms with Crippen molar-refractivity contribution < 1.29 is 4.74 Å². The van der Waals surface area contributed by atoms with Gasteiger partial charge in [0.05, 0.1) is 13.2 Å². The second-order valence-electron chi connectivity index (χ2n) is 7.94. The van der Waals surface area contributed by atoms with Crippen LogP contribution in [-0.2, 0) is 4.74 Å². The number of hydrogen-bond donors (Lipinski definition) is 2. The van der Waals surface area contributed by atoms with Crippen LogP contribution in [0.15, 0.2) is 0 Å². The molecule has 0 aromatic rings. The summed E-state index contributed by atoms with van der Waals surface area (Å²) in [6.45, 7) is 7.68. The Hall–Kier alpha value is -0.120. The van der Waals surface area contributed by atoms with E-state index in [9.17, 15) is 0 Å². The standard InChI is InChI=1S/C17H32N2O/c1-17(2)8-6-13(7-9-17)19-15-5-3-4-14(15)16-12-20-11-10-18-16/h13-16,18-19H,3-12H2,1-2H3. The Morgan fingerprint density at radius 3 is 2.60 bits per heavy atom. The largest absolute Gasteiger partial charge is 0.379 e. The highest BCUT2D eigenvalue weighted by atomic mass is 16.5. The minimum atomic E-state index is 0.575. The molecule has 1 heterocycles. The van der Waals surface area contributed by atoms with Crippen molar-refractivity contribution in [3.05, 3.63) is 0 Å². The quantitative estimate of drug-likeness (QED) is 0.834. The molecule has 0 aromatic carbocycles. The van der Waals surface area contributed by atoms with Crippen molar-refractivity contribution in [2.24, 2.45) is 11.3 Å². The second-order valence-corrected chi connectivity index (χ2v) is 7.94. The fourth-order valence-corrected chi connectivity index (χ4v) is 4.41. The smallest absolute Gasteiger partial charge is 0.0623 e. The predicted molar refractivity (Wildman–Crippen MR) is 82.9 cm³/mol. The molecule has 0 radical (unpaired) electrons. The number of nitrogens with one attached hydrogen (secondary N) is 2. The van der Waals surface area contributed by atoms with E-state index in [4.69, 9.17) is 4.74 Å². The Balaban J connectivity index is 1.51. The molecule has 3 nitrogen and oxygen atoms in total. The van der Waals surface area contributed by atoms with Crippen molar-refractivity contribution in [3.63, 3.8) is 0 Å². The third-order valence-electron chi connectivity index (χ3n) is 5.83. The van der Waals surface area contributed by atoms with Crippen LogP contribution in [0, 0.1) is 11.3 Å². The van der Waals surface area contributed by atoms with Crippen molar-refractivity contribution in [2.45, 2.75) is 76.9 Å². The van der Waals surface area contributed by atoms with Gasteiger partial charge in [0.2, 0.25) is 0 Å². The Bertz CT molecular complexity index is 302. The molecule has 3 heteroatoms. The summed E-state index contributed by atoms with van der Waals surface area (Å²) in [7, 11) is 0. The Labute approximate surface area is 124 Å². The Kier molecular flexibility index (Phi) is 4.68. The van der Waals surface area contributed by atoms with E-state index in [1.807, 2.05) is 0 Å². The summed E-state index contributed by atoms with van der Waals surface area (Å²) in [4.78, 5) is 0. The molecule has 3 rings (SSSR count). The summed E-state index contributed by atoms with van der Waals surface area (Å²) >= 11 is 0. The lowest BCUT2D eigenvalue weighted by Crippen LogP contribution is -2.52. The molecule has 0 aromatic heterocycles. The molecule has 0 spiro atoms. The van der Waals surface area contributed by atoms with Crippen molar-refractivity contribution in [2.75, 3.05) is 19.8 Å². The maximum atomic E-state index is 5.67. The first kappa shape index (κ1) is 14.8. The van der Waals surface area contributed by atoms with Gasteiger partial charge in [-0.2, -0.15) is 0 Å². The van der Waals surface area contributed by atoms with Crippen LogP contribution in [0.25, 0.3) is 0 Å². The molecule has 0 bridgehead atoms. The third kappa shape index (κ3) is 3.55. The Morgan fingerprint density at radius 2 is 1.90 bits per heavy atom. The van der Waals surface area contributed by atoms with Gasteiger partial charge >= 0.3 is 0 Å². The minimum absolute atomic E-state index is 0.575. The lowest BCUT2D eigenvalue weighted by Gasteiger charge is -2.39. The van der Waals surface area contributed by atoms with E-state index < -0.39 is 0 Å². The fourth-order valence-electron chi connectivity index (χ4n) is 4.41. The number of morpholine rings is 1. The zero-order chi connectivity index (χ0) is 14.0. The summed E-state index contributed by atoms with van der Waals surface area (Å²) < 4.78 is 5.67. The molecule has 2 N–H and O–H groups in total. The SMILES string of the molecule is CC1(C)CCC(NC2CCCC2C2COCCN2)CC1. The van der Waals surface area contributed by atoms with Crippen molar-refractivity contribution >= 4 is 0 Å². The molecule has 3 atom stereocenters. The highest BCUT2D eigenvalue weighted by Gasteiger charge is 2.36. The van der Waals surface area contributed by atoms with Gasteiger partial charge in [-0.1, -0.05) is 20.3 Å². The highest BCUT2D eigenvalue weighted by molar-refractivity contribution is 4.94. The van der Waals surface area contributed by atoms with Crippen molar-refractivity contribution in [3.8, 4) is 0 Å². The third-order valence-corrected chi connectivity index (χ3v) is 5.83. The fraction of sp³-hybridized carbons (Fsp3) is 1.00. The molecule has 3 aliphatic rings. The predicted octanol–water partition coefficient (Wildman–Crippen LogP) is 2.70. The van der Waals surface area contributed by atoms with E-state index in [0.29, 0.717) is 11.5 Å². The van der Waals surface area contributed by atoms with Gasteiger partial charge in [-0.15, -0.1) is 0 Å². The van der Waals surface area contributed by atoms with Crippen molar-refractivity contribution in [1.29, 1.82) is 0 Å². The van der Waals surface area contributed by atoms with Crippen molar-refractivity contribution in [1.82, 2.24) is 10.6 Å². The lowest BCUT2D eigenvalue weighted by atomic mass is 9.75. The Morgan fingerprint density at radius 1 is 1.10 bits per heavy atom. The van der Waals surface area contributed by atoms with Crippen LogP contribution >= 0.6 is 0 Å². The topological polar surface area (TPSA) is 33.3 Å². The normalized spacial score (nSPS) is 39.0. The molecule has 2 aliphatic carbocycles. The molecule has 1 aliphatic heterocycles. The second kappa shape index (κ2) is 6.33. The first-order chi connectivity index (χ1) is 9.64. The van der Waals surface area contributed by atoms with E-state index in [2.05, 4.69) is 24.5 Å². The summed E-state index contributed by atoms with van der Waals surface area (Å²) in [5.41, 5.74) is 0.575. The first-order valence-electron chi connectivity index (χ1n) is 8.71. The molecule has 116 valence electrons. The van der Waals surface area contributed by atoms with Gasteiger partial charge in [0, 0.05) is 24.7 Å². The highest BCUT2D eigenvalue weighted by Crippen LogP contribution is 2.37. The van der Waals surface area contributed by atoms with E-state index in [1.54, 1.807) is 0 Å². The van der Waals surface area contributed by atoms with Crippen LogP contribution in [0.2, 0.25) is 0 Å². The average Bonchev–Trinajstić information content (AvgIpc) is 2.90. The van der Waals surface area contributed by atoms with Gasteiger partial charge in [-0.05, 0) is 49.9 Å². The van der Waals surface area contributed by atoms with E-state index >= 15 is 0 Å². The molecule has 3 fully saturated rings. The maximum absolute atomic E-state index is 5.67. The van der Waals surface area contributed by atoms with Gasteiger partial charge in [0.15, 0.2) is 0 Å². The zero-order valence-corrected chi connectivity index (χ0v) is 13.3. The first-order valence-corrected chi connectivity index (χ1v) is 8.71. The van der Waals surface area contributed by atoms with Crippen LogP contribution in [0.4, 0.5) is 0 Å². The molecule has 1 saturated heterocycles. The summed E-state index contributed by atoms with van der Waals surface area (Å²) in [6, 6.07) is 2.07. The maximum Gasteiger partial charge on any atom is 0.0623 e. The van der Waals surface area contributed by atoms with Gasteiger partial charge in [-0.25, -0.2) is 0 Å². The zero-order valence-electron chi connectivity index (χ0n) is 13.3. The van der Waals surface area contributed by atoms with Gasteiger partial charge in [-0.3, -0.25) is 0 Å². The van der Waals surface area contributed by atoms with Gasteiger partial charge in [0.1, 0.15) is 0 Å². The molecule has 20 heavy (non-hydrogen) atoms. The minimum Gasteiger partial charge on any atom is -0.379 e. The van der Waals surface area contributed by atoms with Crippen LogP contribution in [-0.4, -0.2) is 37.9 Å². The molecule has 3 unspecified atom stereocenters. The van der Waals surface area contributed by atoms with Gasteiger partial charge < -0.3 is 15.4 Å². The van der Waals surface area contributed by atoms with Crippen LogP contribution in [0.1, 0.15) is 58.8 Å². The van der Waals surface area contributed by atoms with Gasteiger partial charge in [0.25, 0.3) is 0 Å². The monoisotopic (exact) mass is 280 g/mol. The number of rotatable bonds is 3. The summed E-state index contributed by atoms with van der Waals surface area (Å²) in [5, 5.41) is 7.68. The van der Waals surface area contributed by atoms with Crippen LogP contribution < -0.4 is 10.6 Å². The van der Waals surface area contributed by atoms with E-state index in [-0.39, 0.29) is 0 Å². The number of hydrogen-bond acceptors (Lipinski definition) is 3. The van der Waals surface area contributed by atoms with Crippen LogP contribution in [0.3, 0.4) is 0 Å². The average molecular weight is 280 g/mol. The summed E-state index contributed by atoms with van der Waals surface area (Å²) in [5.74, 6) is 0.783. The summed E-state index contributed by atoms with van der Waals surface area (Å²) in [6.07, 6.45) is 9.62. The molecular weight excluding hydrogens is 248 g/mol. The molecular formula is C17H32N2O. The lowest BCUT2D eigenvalue weighted by molar-refractivity contribution is 0.0505.